The second-order valence-corrected chi connectivity index (χ2v) is 6.93. The van der Waals surface area contributed by atoms with Crippen molar-refractivity contribution in [1.82, 2.24) is 0 Å². The normalized spacial score (nSPS) is 15.7. The van der Waals surface area contributed by atoms with Gasteiger partial charge in [-0.05, 0) is 19.3 Å². The molecule has 0 radical (unpaired) electrons. The molecule has 0 saturated carbocycles. The highest BCUT2D eigenvalue weighted by molar-refractivity contribution is 7.89. The zero-order valence-corrected chi connectivity index (χ0v) is 11.1. The Morgan fingerprint density at radius 1 is 1.27 bits per heavy atom. The summed E-state index contributed by atoms with van der Waals surface area (Å²) in [5.74, 6) is -0.0988. The van der Waals surface area contributed by atoms with Crippen LogP contribution in [-0.2, 0) is 14.8 Å². The minimum absolute atomic E-state index is 0.0246. The molecule has 0 rings (SSSR count). The van der Waals surface area contributed by atoms with Crippen LogP contribution in [0.5, 0.6) is 0 Å². The zero-order valence-electron chi connectivity index (χ0n) is 10.3. The van der Waals surface area contributed by atoms with Gasteiger partial charge in [0, 0.05) is 5.92 Å². The third-order valence-corrected chi connectivity index (χ3v) is 3.16. The van der Waals surface area contributed by atoms with Crippen LogP contribution in [0.1, 0.15) is 34.6 Å². The number of primary sulfonamides is 1. The highest BCUT2D eigenvalue weighted by atomic mass is 32.2. The predicted octanol–water partition coefficient (Wildman–Crippen LogP) is 1.36. The van der Waals surface area contributed by atoms with E-state index in [-0.39, 0.29) is 23.2 Å². The van der Waals surface area contributed by atoms with E-state index in [2.05, 4.69) is 0 Å². The van der Waals surface area contributed by atoms with E-state index in [1.807, 2.05) is 34.6 Å². The van der Waals surface area contributed by atoms with Gasteiger partial charge in [-0.25, -0.2) is 13.6 Å². The smallest absolute Gasteiger partial charge is 0.209 e. The highest BCUT2D eigenvalue weighted by Crippen LogP contribution is 2.27. The van der Waals surface area contributed by atoms with E-state index in [1.165, 1.54) is 0 Å². The number of sulfonamides is 1. The molecule has 1 unspecified atom stereocenters. The molecule has 4 nitrogen and oxygen atoms in total. The van der Waals surface area contributed by atoms with E-state index < -0.39 is 10.0 Å². The van der Waals surface area contributed by atoms with Gasteiger partial charge in [-0.1, -0.05) is 20.8 Å². The number of ether oxygens (including phenoxy) is 1. The highest BCUT2D eigenvalue weighted by Gasteiger charge is 2.28. The van der Waals surface area contributed by atoms with Crippen molar-refractivity contribution in [2.24, 2.45) is 16.5 Å². The van der Waals surface area contributed by atoms with E-state index in [4.69, 9.17) is 9.88 Å². The summed E-state index contributed by atoms with van der Waals surface area (Å²) in [6.45, 7) is 10.3. The fourth-order valence-electron chi connectivity index (χ4n) is 1.14. The van der Waals surface area contributed by atoms with Gasteiger partial charge >= 0.3 is 0 Å². The molecule has 0 aliphatic heterocycles. The molecule has 0 spiro atoms. The van der Waals surface area contributed by atoms with Crippen LogP contribution in [0.15, 0.2) is 0 Å². The topological polar surface area (TPSA) is 69.4 Å². The molecule has 0 aromatic carbocycles. The first-order chi connectivity index (χ1) is 6.52. The van der Waals surface area contributed by atoms with E-state index in [0.717, 1.165) is 0 Å². The van der Waals surface area contributed by atoms with Crippen LogP contribution in [0, 0.1) is 11.3 Å². The maximum Gasteiger partial charge on any atom is 0.209 e. The predicted molar refractivity (Wildman–Crippen MR) is 62.0 cm³/mol. The molecule has 0 bridgehead atoms. The molecular formula is C10H23NO3S. The summed E-state index contributed by atoms with van der Waals surface area (Å²) in [6.07, 6.45) is 0.107. The maximum absolute atomic E-state index is 11.1. The lowest BCUT2D eigenvalue weighted by molar-refractivity contribution is 0.0269. The second kappa shape index (κ2) is 5.27. The molecule has 0 aromatic rings. The summed E-state index contributed by atoms with van der Waals surface area (Å²) >= 11 is 0. The van der Waals surface area contributed by atoms with Gasteiger partial charge in [-0.3, -0.25) is 0 Å². The molecule has 15 heavy (non-hydrogen) atoms. The minimum Gasteiger partial charge on any atom is -0.378 e. The lowest BCUT2D eigenvalue weighted by Crippen LogP contribution is -2.35. The Labute approximate surface area is 93.2 Å². The van der Waals surface area contributed by atoms with Gasteiger partial charge in [0.1, 0.15) is 0 Å². The molecule has 0 aliphatic rings. The van der Waals surface area contributed by atoms with E-state index in [1.54, 1.807) is 0 Å². The molecule has 0 aromatic heterocycles. The first-order valence-electron chi connectivity index (χ1n) is 5.14. The van der Waals surface area contributed by atoms with Crippen molar-refractivity contribution in [2.75, 3.05) is 12.4 Å². The molecule has 92 valence electrons. The van der Waals surface area contributed by atoms with Gasteiger partial charge < -0.3 is 4.74 Å². The molecule has 0 saturated heterocycles. The van der Waals surface area contributed by atoms with Crippen LogP contribution < -0.4 is 5.14 Å². The van der Waals surface area contributed by atoms with Crippen molar-refractivity contribution < 1.29 is 13.2 Å². The number of rotatable bonds is 5. The molecular weight excluding hydrogens is 214 g/mol. The van der Waals surface area contributed by atoms with Gasteiger partial charge in [0.15, 0.2) is 0 Å². The summed E-state index contributed by atoms with van der Waals surface area (Å²) in [5.41, 5.74) is -0.124. The zero-order chi connectivity index (χ0) is 12.3. The Balaban J connectivity index is 4.47. The number of hydrogen-bond acceptors (Lipinski definition) is 3. The number of hydrogen-bond donors (Lipinski definition) is 1. The minimum atomic E-state index is -3.43. The van der Waals surface area contributed by atoms with Crippen LogP contribution >= 0.6 is 0 Å². The standard InChI is InChI=1S/C10H23NO3S/c1-8(2)14-6-9(10(3,4)5)7-15(11,12)13/h8-9H,6-7H2,1-5H3,(H2,11,12,13). The first-order valence-corrected chi connectivity index (χ1v) is 6.86. The first kappa shape index (κ1) is 14.9. The van der Waals surface area contributed by atoms with Crippen molar-refractivity contribution in [3.63, 3.8) is 0 Å². The van der Waals surface area contributed by atoms with Crippen molar-refractivity contribution in [3.8, 4) is 0 Å². The van der Waals surface area contributed by atoms with Gasteiger partial charge in [0.05, 0.1) is 18.5 Å². The molecule has 1 atom stereocenters. The average Bonchev–Trinajstić information content (AvgIpc) is 1.93. The lowest BCUT2D eigenvalue weighted by atomic mass is 9.82. The molecule has 0 amide bonds. The Hall–Kier alpha value is -0.130. The lowest BCUT2D eigenvalue weighted by Gasteiger charge is -2.30. The summed E-state index contributed by atoms with van der Waals surface area (Å²) in [7, 11) is -3.43. The van der Waals surface area contributed by atoms with Crippen molar-refractivity contribution in [1.29, 1.82) is 0 Å². The summed E-state index contributed by atoms with van der Waals surface area (Å²) in [5, 5.41) is 5.06. The van der Waals surface area contributed by atoms with Gasteiger partial charge in [0.25, 0.3) is 0 Å². The monoisotopic (exact) mass is 237 g/mol. The van der Waals surface area contributed by atoms with E-state index in [0.29, 0.717) is 6.61 Å². The summed E-state index contributed by atoms with van der Waals surface area (Å²) < 4.78 is 27.6. The van der Waals surface area contributed by atoms with Crippen molar-refractivity contribution >= 4 is 10.0 Å². The quantitative estimate of drug-likeness (QED) is 0.785. The average molecular weight is 237 g/mol. The summed E-state index contributed by atoms with van der Waals surface area (Å²) in [6, 6.07) is 0. The van der Waals surface area contributed by atoms with Gasteiger partial charge in [-0.15, -0.1) is 0 Å². The third-order valence-electron chi connectivity index (χ3n) is 2.29. The molecule has 2 N–H and O–H groups in total. The van der Waals surface area contributed by atoms with Crippen LogP contribution in [0.25, 0.3) is 0 Å². The fraction of sp³-hybridized carbons (Fsp3) is 1.00. The number of nitrogens with two attached hydrogens (primary N) is 1. The van der Waals surface area contributed by atoms with Gasteiger partial charge in [-0.2, -0.15) is 0 Å². The van der Waals surface area contributed by atoms with Crippen molar-refractivity contribution in [3.05, 3.63) is 0 Å². The maximum atomic E-state index is 11.1. The Morgan fingerprint density at radius 2 is 1.73 bits per heavy atom. The van der Waals surface area contributed by atoms with Crippen LogP contribution in [0.2, 0.25) is 0 Å². The van der Waals surface area contributed by atoms with Gasteiger partial charge in [0.2, 0.25) is 10.0 Å². The molecule has 0 heterocycles. The third kappa shape index (κ3) is 7.76. The van der Waals surface area contributed by atoms with E-state index >= 15 is 0 Å². The molecule has 0 aliphatic carbocycles. The van der Waals surface area contributed by atoms with Crippen LogP contribution in [-0.4, -0.2) is 26.9 Å². The fourth-order valence-corrected chi connectivity index (χ4v) is 2.29. The van der Waals surface area contributed by atoms with E-state index in [9.17, 15) is 8.42 Å². The Bertz CT molecular complexity index is 278. The Morgan fingerprint density at radius 3 is 2.00 bits per heavy atom. The van der Waals surface area contributed by atoms with Crippen molar-refractivity contribution in [2.45, 2.75) is 40.7 Å². The second-order valence-electron chi connectivity index (χ2n) is 5.27. The largest absolute Gasteiger partial charge is 0.378 e. The van der Waals surface area contributed by atoms with Crippen LogP contribution in [0.3, 0.4) is 0 Å². The molecule has 0 fully saturated rings. The summed E-state index contributed by atoms with van der Waals surface area (Å²) in [4.78, 5) is 0. The SMILES string of the molecule is CC(C)OCC(CS(N)(=O)=O)C(C)(C)C. The van der Waals surface area contributed by atoms with Crippen LogP contribution in [0.4, 0.5) is 0 Å². The Kier molecular flexibility index (Phi) is 5.23. The molecule has 5 heteroatoms.